The van der Waals surface area contributed by atoms with Crippen molar-refractivity contribution in [1.82, 2.24) is 0 Å². The van der Waals surface area contributed by atoms with Crippen LogP contribution in [-0.4, -0.2) is 6.08 Å². The molecular formula is C8H2BrClN2O. The molecule has 0 heterocycles. The van der Waals surface area contributed by atoms with Crippen LogP contribution in [0.5, 0.6) is 0 Å². The van der Waals surface area contributed by atoms with Crippen LogP contribution in [0.15, 0.2) is 21.6 Å². The van der Waals surface area contributed by atoms with E-state index < -0.39 is 0 Å². The maximum Gasteiger partial charge on any atom is 0.240 e. The molecule has 13 heavy (non-hydrogen) atoms. The quantitative estimate of drug-likeness (QED) is 0.574. The van der Waals surface area contributed by atoms with Crippen molar-refractivity contribution in [2.24, 2.45) is 4.99 Å². The Kier molecular flexibility index (Phi) is 3.21. The smallest absolute Gasteiger partial charge is 0.211 e. The van der Waals surface area contributed by atoms with E-state index >= 15 is 0 Å². The van der Waals surface area contributed by atoms with Crippen LogP contribution < -0.4 is 0 Å². The summed E-state index contributed by atoms with van der Waals surface area (Å²) < 4.78 is 0.666. The third kappa shape index (κ3) is 2.16. The molecule has 0 aliphatic carbocycles. The highest BCUT2D eigenvalue weighted by atomic mass is 79.9. The zero-order chi connectivity index (χ0) is 9.84. The Morgan fingerprint density at radius 1 is 1.54 bits per heavy atom. The Morgan fingerprint density at radius 2 is 2.23 bits per heavy atom. The van der Waals surface area contributed by atoms with Gasteiger partial charge in [-0.2, -0.15) is 10.3 Å². The first kappa shape index (κ1) is 9.94. The molecule has 0 saturated heterocycles. The predicted octanol–water partition coefficient (Wildman–Crippen LogP) is 2.94. The summed E-state index contributed by atoms with van der Waals surface area (Å²) >= 11 is 8.90. The Balaban J connectivity index is 3.49. The summed E-state index contributed by atoms with van der Waals surface area (Å²) in [6.07, 6.45) is 1.34. The van der Waals surface area contributed by atoms with Crippen LogP contribution in [0.4, 0.5) is 5.69 Å². The molecule has 1 rings (SSSR count). The first-order valence-corrected chi connectivity index (χ1v) is 4.33. The second-order valence-corrected chi connectivity index (χ2v) is 3.42. The van der Waals surface area contributed by atoms with Gasteiger partial charge in [0.15, 0.2) is 0 Å². The van der Waals surface area contributed by atoms with Crippen molar-refractivity contribution < 1.29 is 4.79 Å². The van der Waals surface area contributed by atoms with Crippen molar-refractivity contribution in [3.63, 3.8) is 0 Å². The molecule has 5 heteroatoms. The molecule has 1 aromatic rings. The summed E-state index contributed by atoms with van der Waals surface area (Å²) in [6.45, 7) is 0. The van der Waals surface area contributed by atoms with Crippen molar-refractivity contribution >= 4 is 39.3 Å². The fraction of sp³-hybridized carbons (Fsp3) is 0. The zero-order valence-electron chi connectivity index (χ0n) is 6.21. The van der Waals surface area contributed by atoms with Gasteiger partial charge in [0.2, 0.25) is 6.08 Å². The number of benzene rings is 1. The summed E-state index contributed by atoms with van der Waals surface area (Å²) in [4.78, 5) is 13.3. The number of hydrogen-bond acceptors (Lipinski definition) is 3. The van der Waals surface area contributed by atoms with Crippen molar-refractivity contribution in [2.75, 3.05) is 0 Å². The number of rotatable bonds is 1. The van der Waals surface area contributed by atoms with Crippen LogP contribution in [0.2, 0.25) is 5.02 Å². The maximum absolute atomic E-state index is 10.0. The van der Waals surface area contributed by atoms with E-state index in [-0.39, 0.29) is 16.3 Å². The molecule has 64 valence electrons. The molecule has 0 saturated carbocycles. The van der Waals surface area contributed by atoms with Crippen molar-refractivity contribution in [2.45, 2.75) is 0 Å². The second kappa shape index (κ2) is 4.20. The first-order chi connectivity index (χ1) is 6.19. The number of isocyanates is 1. The minimum Gasteiger partial charge on any atom is -0.211 e. The van der Waals surface area contributed by atoms with Gasteiger partial charge in [-0.25, -0.2) is 4.79 Å². The predicted molar refractivity (Wildman–Crippen MR) is 51.6 cm³/mol. The van der Waals surface area contributed by atoms with Crippen LogP contribution in [0.25, 0.3) is 0 Å². The maximum atomic E-state index is 10.0. The van der Waals surface area contributed by atoms with E-state index in [1.54, 1.807) is 6.07 Å². The van der Waals surface area contributed by atoms with Gasteiger partial charge in [-0.1, -0.05) is 27.5 Å². The summed E-state index contributed by atoms with van der Waals surface area (Å²) in [7, 11) is 0. The number of aliphatic imine (C=N–C) groups is 1. The van der Waals surface area contributed by atoms with E-state index in [1.165, 1.54) is 12.1 Å². The summed E-state index contributed by atoms with van der Waals surface area (Å²) in [5, 5.41) is 8.92. The molecule has 0 amide bonds. The second-order valence-electron chi connectivity index (χ2n) is 2.10. The highest BCUT2D eigenvalue weighted by Gasteiger charge is 2.07. The Labute approximate surface area is 87.8 Å². The fourth-order valence-electron chi connectivity index (χ4n) is 0.810. The number of halogens is 2. The largest absolute Gasteiger partial charge is 0.240 e. The van der Waals surface area contributed by atoms with Gasteiger partial charge >= 0.3 is 0 Å². The molecule has 0 aliphatic heterocycles. The standard InChI is InChI=1S/C8H2BrClN2O/c9-6-1-5(3-11)8(12-4-13)7(10)2-6/h1-2H. The van der Waals surface area contributed by atoms with Gasteiger partial charge in [0.05, 0.1) is 10.6 Å². The molecule has 0 N–H and O–H groups in total. The molecule has 0 atom stereocenters. The van der Waals surface area contributed by atoms with E-state index in [9.17, 15) is 4.79 Å². The Hall–Kier alpha value is -1.14. The molecule has 1 aromatic carbocycles. The molecule has 3 nitrogen and oxygen atoms in total. The van der Waals surface area contributed by atoms with Crippen molar-refractivity contribution in [3.05, 3.63) is 27.2 Å². The summed E-state index contributed by atoms with van der Waals surface area (Å²) in [5.41, 5.74) is 0.394. The first-order valence-electron chi connectivity index (χ1n) is 3.16. The number of nitrogens with zero attached hydrogens (tertiary/aromatic N) is 2. The van der Waals surface area contributed by atoms with Crippen LogP contribution in [0.3, 0.4) is 0 Å². The van der Waals surface area contributed by atoms with Gasteiger partial charge in [0.25, 0.3) is 0 Å². The van der Waals surface area contributed by atoms with Crippen LogP contribution >= 0.6 is 27.5 Å². The molecule has 0 spiro atoms. The van der Waals surface area contributed by atoms with E-state index in [0.717, 1.165) is 0 Å². The van der Waals surface area contributed by atoms with Gasteiger partial charge < -0.3 is 0 Å². The fourth-order valence-corrected chi connectivity index (χ4v) is 1.66. The zero-order valence-corrected chi connectivity index (χ0v) is 8.56. The number of carbonyl (C=O) groups excluding carboxylic acids is 1. The van der Waals surface area contributed by atoms with Gasteiger partial charge in [-0.15, -0.1) is 0 Å². The van der Waals surface area contributed by atoms with Crippen LogP contribution in [-0.2, 0) is 4.79 Å². The Morgan fingerprint density at radius 3 is 2.77 bits per heavy atom. The number of nitriles is 1. The Bertz CT molecular complexity index is 433. The normalized spacial score (nSPS) is 8.69. The van der Waals surface area contributed by atoms with Gasteiger partial charge in [-0.05, 0) is 12.1 Å². The molecule has 0 aromatic heterocycles. The summed E-state index contributed by atoms with van der Waals surface area (Å²) in [5.74, 6) is 0. The monoisotopic (exact) mass is 256 g/mol. The van der Waals surface area contributed by atoms with E-state index in [1.807, 2.05) is 6.07 Å². The third-order valence-electron chi connectivity index (χ3n) is 1.31. The van der Waals surface area contributed by atoms with Crippen molar-refractivity contribution in [3.8, 4) is 6.07 Å². The topological polar surface area (TPSA) is 53.2 Å². The minimum atomic E-state index is 0.155. The van der Waals surface area contributed by atoms with Gasteiger partial charge in [0.1, 0.15) is 11.8 Å². The third-order valence-corrected chi connectivity index (χ3v) is 2.05. The average Bonchev–Trinajstić information content (AvgIpc) is 2.09. The lowest BCUT2D eigenvalue weighted by atomic mass is 10.2. The molecule has 0 fully saturated rings. The van der Waals surface area contributed by atoms with Gasteiger partial charge in [-0.3, -0.25) is 0 Å². The molecule has 0 aliphatic rings. The molecule has 0 radical (unpaired) electrons. The minimum absolute atomic E-state index is 0.155. The lowest BCUT2D eigenvalue weighted by Crippen LogP contribution is -1.78. The van der Waals surface area contributed by atoms with E-state index in [0.29, 0.717) is 4.47 Å². The highest BCUT2D eigenvalue weighted by Crippen LogP contribution is 2.31. The van der Waals surface area contributed by atoms with E-state index in [2.05, 4.69) is 20.9 Å². The molecular weight excluding hydrogens is 255 g/mol. The van der Waals surface area contributed by atoms with Crippen LogP contribution in [0, 0.1) is 11.3 Å². The summed E-state index contributed by atoms with van der Waals surface area (Å²) in [6, 6.07) is 4.96. The highest BCUT2D eigenvalue weighted by molar-refractivity contribution is 9.10. The molecule has 0 bridgehead atoms. The number of hydrogen-bond donors (Lipinski definition) is 0. The lowest BCUT2D eigenvalue weighted by Gasteiger charge is -1.99. The van der Waals surface area contributed by atoms with Gasteiger partial charge in [0, 0.05) is 4.47 Å². The van der Waals surface area contributed by atoms with Crippen LogP contribution in [0.1, 0.15) is 5.56 Å². The SMILES string of the molecule is N#Cc1cc(Br)cc(Cl)c1N=C=O. The van der Waals surface area contributed by atoms with Crippen molar-refractivity contribution in [1.29, 1.82) is 5.26 Å². The molecule has 0 unspecified atom stereocenters. The van der Waals surface area contributed by atoms with E-state index in [4.69, 9.17) is 16.9 Å². The average molecular weight is 257 g/mol. The lowest BCUT2D eigenvalue weighted by molar-refractivity contribution is 0.565.